The molecule has 0 fully saturated rings. The van der Waals surface area contributed by atoms with E-state index in [0.717, 1.165) is 11.3 Å². The molecule has 3 rings (SSSR count). The average molecular weight is 369 g/mol. The number of anilines is 1. The zero-order valence-electron chi connectivity index (χ0n) is 14.7. The average Bonchev–Trinajstić information content (AvgIpc) is 3.10. The first-order chi connectivity index (χ1) is 12.6. The molecule has 0 aliphatic heterocycles. The van der Waals surface area contributed by atoms with E-state index in [-0.39, 0.29) is 11.2 Å². The van der Waals surface area contributed by atoms with Gasteiger partial charge >= 0.3 is 0 Å². The Bertz CT molecular complexity index is 912. The largest absolute Gasteiger partial charge is 0.497 e. The van der Waals surface area contributed by atoms with Crippen molar-refractivity contribution < 1.29 is 9.53 Å². The van der Waals surface area contributed by atoms with E-state index in [0.29, 0.717) is 16.6 Å². The number of aryl methyl sites for hydroxylation is 1. The van der Waals surface area contributed by atoms with E-state index in [4.69, 9.17) is 4.74 Å². The first-order valence-corrected chi connectivity index (χ1v) is 8.92. The molecule has 0 saturated heterocycles. The summed E-state index contributed by atoms with van der Waals surface area (Å²) in [6.45, 7) is 3.82. The summed E-state index contributed by atoms with van der Waals surface area (Å²) < 4.78 is 6.80. The summed E-state index contributed by atoms with van der Waals surface area (Å²) in [5, 5.41) is 14.9. The number of thioether (sulfide) groups is 1. The summed E-state index contributed by atoms with van der Waals surface area (Å²) in [6.07, 6.45) is 0. The van der Waals surface area contributed by atoms with Gasteiger partial charge in [0.05, 0.1) is 18.0 Å². The van der Waals surface area contributed by atoms with Gasteiger partial charge in [-0.1, -0.05) is 30.0 Å². The molecule has 0 spiro atoms. The van der Waals surface area contributed by atoms with Gasteiger partial charge in [-0.3, -0.25) is 4.79 Å². The van der Waals surface area contributed by atoms with Gasteiger partial charge in [-0.15, -0.1) is 5.10 Å². The molecule has 1 aromatic heterocycles. The van der Waals surface area contributed by atoms with Crippen molar-refractivity contribution in [2.24, 2.45) is 0 Å². The van der Waals surface area contributed by atoms with Crippen LogP contribution in [0.3, 0.4) is 0 Å². The summed E-state index contributed by atoms with van der Waals surface area (Å²) >= 11 is 1.30. The van der Waals surface area contributed by atoms with Crippen LogP contribution in [0, 0.1) is 6.92 Å². The van der Waals surface area contributed by atoms with Crippen molar-refractivity contribution in [2.45, 2.75) is 24.3 Å². The zero-order chi connectivity index (χ0) is 18.5. The molecule has 0 bridgehead atoms. The number of aromatic nitrogens is 4. The Morgan fingerprint density at radius 2 is 2.04 bits per heavy atom. The Kier molecular flexibility index (Phi) is 5.52. The maximum atomic E-state index is 12.5. The molecule has 0 aliphatic carbocycles. The van der Waals surface area contributed by atoms with Gasteiger partial charge in [0.2, 0.25) is 11.1 Å². The highest BCUT2D eigenvalue weighted by molar-refractivity contribution is 8.00. The smallest absolute Gasteiger partial charge is 0.237 e. The van der Waals surface area contributed by atoms with E-state index < -0.39 is 0 Å². The molecule has 2 aromatic carbocycles. The molecule has 134 valence electrons. The van der Waals surface area contributed by atoms with Crippen LogP contribution in [-0.4, -0.2) is 38.5 Å². The Morgan fingerprint density at radius 1 is 1.23 bits per heavy atom. The SMILES string of the molecule is COc1cccc(NC(=O)[C@@H](C)Sc2nnnn2-c2cccc(C)c2)c1. The number of nitrogens with zero attached hydrogens (tertiary/aromatic N) is 4. The molecule has 1 amide bonds. The minimum atomic E-state index is -0.379. The maximum Gasteiger partial charge on any atom is 0.237 e. The van der Waals surface area contributed by atoms with E-state index in [9.17, 15) is 4.79 Å². The predicted octanol–water partition coefficient (Wildman–Crippen LogP) is 3.10. The Balaban J connectivity index is 1.71. The number of carbonyl (C=O) groups is 1. The molecular formula is C18H19N5O2S. The number of methoxy groups -OCH3 is 1. The maximum absolute atomic E-state index is 12.5. The van der Waals surface area contributed by atoms with Crippen LogP contribution in [-0.2, 0) is 4.79 Å². The second-order valence-corrected chi connectivity index (χ2v) is 7.00. The van der Waals surface area contributed by atoms with Gasteiger partial charge in [-0.2, -0.15) is 4.68 Å². The monoisotopic (exact) mass is 369 g/mol. The van der Waals surface area contributed by atoms with Crippen molar-refractivity contribution in [3.05, 3.63) is 54.1 Å². The van der Waals surface area contributed by atoms with Crippen molar-refractivity contribution in [1.82, 2.24) is 20.2 Å². The molecule has 8 heteroatoms. The van der Waals surface area contributed by atoms with Crippen molar-refractivity contribution in [3.8, 4) is 11.4 Å². The predicted molar refractivity (Wildman–Crippen MR) is 101 cm³/mol. The van der Waals surface area contributed by atoms with Crippen LogP contribution in [0.15, 0.2) is 53.7 Å². The molecule has 0 radical (unpaired) electrons. The minimum absolute atomic E-state index is 0.137. The molecule has 0 unspecified atom stereocenters. The van der Waals surface area contributed by atoms with Crippen LogP contribution in [0.1, 0.15) is 12.5 Å². The fraction of sp³-hybridized carbons (Fsp3) is 0.222. The van der Waals surface area contributed by atoms with E-state index >= 15 is 0 Å². The van der Waals surface area contributed by atoms with Crippen molar-refractivity contribution in [1.29, 1.82) is 0 Å². The molecule has 7 nitrogen and oxygen atoms in total. The third-order valence-corrected chi connectivity index (χ3v) is 4.71. The number of hydrogen-bond donors (Lipinski definition) is 1. The quantitative estimate of drug-likeness (QED) is 0.673. The second-order valence-electron chi connectivity index (χ2n) is 5.69. The third kappa shape index (κ3) is 4.20. The van der Waals surface area contributed by atoms with Gasteiger partial charge in [0, 0.05) is 11.8 Å². The summed E-state index contributed by atoms with van der Waals surface area (Å²) in [5.41, 5.74) is 2.65. The number of hydrogen-bond acceptors (Lipinski definition) is 6. The van der Waals surface area contributed by atoms with Gasteiger partial charge in [0.25, 0.3) is 0 Å². The lowest BCUT2D eigenvalue weighted by Gasteiger charge is -2.12. The minimum Gasteiger partial charge on any atom is -0.497 e. The van der Waals surface area contributed by atoms with Crippen molar-refractivity contribution in [2.75, 3.05) is 12.4 Å². The highest BCUT2D eigenvalue weighted by Crippen LogP contribution is 2.25. The third-order valence-electron chi connectivity index (χ3n) is 3.68. The Labute approximate surface area is 155 Å². The molecule has 0 saturated carbocycles. The summed E-state index contributed by atoms with van der Waals surface area (Å²) in [5.74, 6) is 0.550. The fourth-order valence-electron chi connectivity index (χ4n) is 2.33. The van der Waals surface area contributed by atoms with Gasteiger partial charge in [-0.05, 0) is 54.1 Å². The molecule has 0 aliphatic rings. The standard InChI is InChI=1S/C18H19N5O2S/c1-12-6-4-8-15(10-12)23-18(20-21-22-23)26-13(2)17(24)19-14-7-5-9-16(11-14)25-3/h4-11,13H,1-3H3,(H,19,24)/t13-/m1/s1. The lowest BCUT2D eigenvalue weighted by molar-refractivity contribution is -0.115. The van der Waals surface area contributed by atoms with Crippen LogP contribution in [0.25, 0.3) is 5.69 Å². The van der Waals surface area contributed by atoms with E-state index in [2.05, 4.69) is 20.8 Å². The number of amides is 1. The lowest BCUT2D eigenvalue weighted by Crippen LogP contribution is -2.22. The number of nitrogens with one attached hydrogen (secondary N) is 1. The highest BCUT2D eigenvalue weighted by atomic mass is 32.2. The first-order valence-electron chi connectivity index (χ1n) is 8.04. The molecule has 3 aromatic rings. The summed E-state index contributed by atoms with van der Waals surface area (Å²) in [4.78, 5) is 12.5. The molecule has 1 N–H and O–H groups in total. The van der Waals surface area contributed by atoms with Crippen LogP contribution in [0.4, 0.5) is 5.69 Å². The van der Waals surface area contributed by atoms with Gasteiger partial charge < -0.3 is 10.1 Å². The topological polar surface area (TPSA) is 81.9 Å². The second kappa shape index (κ2) is 8.01. The van der Waals surface area contributed by atoms with Crippen LogP contribution in [0.5, 0.6) is 5.75 Å². The first kappa shape index (κ1) is 17.9. The van der Waals surface area contributed by atoms with Gasteiger partial charge in [0.15, 0.2) is 0 Å². The van der Waals surface area contributed by atoms with E-state index in [1.165, 1.54) is 11.8 Å². The zero-order valence-corrected chi connectivity index (χ0v) is 15.5. The molecule has 1 heterocycles. The molecular weight excluding hydrogens is 350 g/mol. The number of benzene rings is 2. The lowest BCUT2D eigenvalue weighted by atomic mass is 10.2. The number of ether oxygens (including phenoxy) is 1. The van der Waals surface area contributed by atoms with Crippen LogP contribution >= 0.6 is 11.8 Å². The summed E-state index contributed by atoms with van der Waals surface area (Å²) in [6, 6.07) is 15.1. The van der Waals surface area contributed by atoms with Crippen molar-refractivity contribution >= 4 is 23.4 Å². The van der Waals surface area contributed by atoms with E-state index in [1.807, 2.05) is 56.3 Å². The van der Waals surface area contributed by atoms with Gasteiger partial charge in [0.1, 0.15) is 5.75 Å². The van der Waals surface area contributed by atoms with E-state index in [1.54, 1.807) is 17.9 Å². The van der Waals surface area contributed by atoms with Crippen molar-refractivity contribution in [3.63, 3.8) is 0 Å². The molecule has 1 atom stereocenters. The number of tetrazole rings is 1. The Morgan fingerprint density at radius 3 is 2.81 bits per heavy atom. The highest BCUT2D eigenvalue weighted by Gasteiger charge is 2.19. The van der Waals surface area contributed by atoms with Crippen LogP contribution < -0.4 is 10.1 Å². The summed E-state index contributed by atoms with van der Waals surface area (Å²) in [7, 11) is 1.59. The fourth-order valence-corrected chi connectivity index (χ4v) is 3.14. The molecule has 26 heavy (non-hydrogen) atoms. The van der Waals surface area contributed by atoms with Gasteiger partial charge in [-0.25, -0.2) is 0 Å². The van der Waals surface area contributed by atoms with Crippen LogP contribution in [0.2, 0.25) is 0 Å². The number of carbonyl (C=O) groups excluding carboxylic acids is 1. The Hall–Kier alpha value is -2.87. The normalized spacial score (nSPS) is 11.8. The number of rotatable bonds is 6.